The van der Waals surface area contributed by atoms with Crippen LogP contribution in [0.4, 0.5) is 5.69 Å². The van der Waals surface area contributed by atoms with Crippen molar-refractivity contribution in [3.8, 4) is 0 Å². The Labute approximate surface area is 106 Å². The van der Waals surface area contributed by atoms with Crippen molar-refractivity contribution in [1.29, 1.82) is 0 Å². The molecule has 0 bridgehead atoms. The van der Waals surface area contributed by atoms with Gasteiger partial charge in [-0.25, -0.2) is 13.1 Å². The number of nitrogens with one attached hydrogen (secondary N) is 1. The summed E-state index contributed by atoms with van der Waals surface area (Å²) in [7, 11) is -3.43. The van der Waals surface area contributed by atoms with Crippen LogP contribution in [-0.4, -0.2) is 26.0 Å². The first-order valence-corrected chi connectivity index (χ1v) is 8.09. The first-order valence-electron chi connectivity index (χ1n) is 5.45. The highest BCUT2D eigenvalue weighted by molar-refractivity contribution is 7.99. The summed E-state index contributed by atoms with van der Waals surface area (Å²) < 4.78 is 26.9. The predicted octanol–water partition coefficient (Wildman–Crippen LogP) is 1.36. The molecule has 4 nitrogen and oxygen atoms in total. The van der Waals surface area contributed by atoms with Gasteiger partial charge >= 0.3 is 0 Å². The average molecular weight is 272 g/mol. The number of aryl methyl sites for hydroxylation is 1. The molecule has 0 radical (unpaired) electrons. The quantitative estimate of drug-likeness (QED) is 0.815. The first kappa shape index (κ1) is 12.7. The molecule has 1 atom stereocenters. The summed E-state index contributed by atoms with van der Waals surface area (Å²) in [5.74, 6) is 1.86. The minimum Gasteiger partial charge on any atom is -0.398 e. The number of thioether (sulfide) groups is 1. The van der Waals surface area contributed by atoms with E-state index in [2.05, 4.69) is 4.72 Å². The Morgan fingerprint density at radius 1 is 1.47 bits per heavy atom. The Balaban J connectivity index is 2.21. The zero-order valence-corrected chi connectivity index (χ0v) is 11.3. The second-order valence-corrected chi connectivity index (χ2v) is 7.06. The van der Waals surface area contributed by atoms with Crippen LogP contribution in [0.2, 0.25) is 0 Å². The third-order valence-corrected chi connectivity index (χ3v) is 5.49. The maximum Gasteiger partial charge on any atom is 0.240 e. The van der Waals surface area contributed by atoms with Gasteiger partial charge in [0.2, 0.25) is 10.0 Å². The number of nitrogens with two attached hydrogens (primary N) is 1. The van der Waals surface area contributed by atoms with Crippen molar-refractivity contribution in [2.24, 2.45) is 0 Å². The number of rotatable bonds is 3. The molecule has 1 aliphatic rings. The molecule has 0 aromatic heterocycles. The van der Waals surface area contributed by atoms with Crippen LogP contribution < -0.4 is 10.5 Å². The van der Waals surface area contributed by atoms with Crippen molar-refractivity contribution in [3.05, 3.63) is 23.8 Å². The number of nitrogen functional groups attached to an aromatic ring is 1. The van der Waals surface area contributed by atoms with Crippen molar-refractivity contribution >= 4 is 27.5 Å². The lowest BCUT2D eigenvalue weighted by Gasteiger charge is -2.12. The fourth-order valence-corrected chi connectivity index (χ4v) is 4.26. The fourth-order valence-electron chi connectivity index (χ4n) is 1.70. The molecule has 1 unspecified atom stereocenters. The lowest BCUT2D eigenvalue weighted by Crippen LogP contribution is -2.34. The zero-order chi connectivity index (χ0) is 12.5. The van der Waals surface area contributed by atoms with Crippen LogP contribution in [-0.2, 0) is 10.0 Å². The van der Waals surface area contributed by atoms with Gasteiger partial charge in [-0.2, -0.15) is 11.8 Å². The van der Waals surface area contributed by atoms with Gasteiger partial charge in [-0.3, -0.25) is 0 Å². The topological polar surface area (TPSA) is 72.2 Å². The van der Waals surface area contributed by atoms with E-state index in [4.69, 9.17) is 5.73 Å². The van der Waals surface area contributed by atoms with Crippen molar-refractivity contribution in [2.75, 3.05) is 17.2 Å². The molecular weight excluding hydrogens is 256 g/mol. The largest absolute Gasteiger partial charge is 0.398 e. The average Bonchev–Trinajstić information content (AvgIpc) is 2.73. The maximum atomic E-state index is 12.1. The van der Waals surface area contributed by atoms with E-state index in [9.17, 15) is 8.42 Å². The number of anilines is 1. The zero-order valence-electron chi connectivity index (χ0n) is 9.64. The molecule has 1 saturated heterocycles. The Hall–Kier alpha value is -0.720. The highest BCUT2D eigenvalue weighted by atomic mass is 32.2. The molecule has 0 amide bonds. The summed E-state index contributed by atoms with van der Waals surface area (Å²) in [6, 6.07) is 4.89. The molecular formula is C11H16N2O2S2. The lowest BCUT2D eigenvalue weighted by molar-refractivity contribution is 0.563. The van der Waals surface area contributed by atoms with Crippen molar-refractivity contribution in [2.45, 2.75) is 24.3 Å². The van der Waals surface area contributed by atoms with E-state index in [1.807, 2.05) is 6.92 Å². The second kappa shape index (κ2) is 4.88. The van der Waals surface area contributed by atoms with Gasteiger partial charge in [0.15, 0.2) is 0 Å². The summed E-state index contributed by atoms with van der Waals surface area (Å²) in [6.07, 6.45) is 0.894. The first-order chi connectivity index (χ1) is 7.99. The molecule has 0 saturated carbocycles. The molecule has 0 aliphatic carbocycles. The fraction of sp³-hybridized carbons (Fsp3) is 0.455. The summed E-state index contributed by atoms with van der Waals surface area (Å²) >= 11 is 1.77. The van der Waals surface area contributed by atoms with E-state index in [0.29, 0.717) is 5.69 Å². The predicted molar refractivity (Wildman–Crippen MR) is 71.6 cm³/mol. The van der Waals surface area contributed by atoms with E-state index >= 15 is 0 Å². The van der Waals surface area contributed by atoms with Crippen LogP contribution in [0.25, 0.3) is 0 Å². The van der Waals surface area contributed by atoms with E-state index in [1.165, 1.54) is 6.07 Å². The molecule has 1 heterocycles. The van der Waals surface area contributed by atoms with Gasteiger partial charge in [0.1, 0.15) is 0 Å². The number of hydrogen-bond donors (Lipinski definition) is 2. The van der Waals surface area contributed by atoms with Gasteiger partial charge in [0, 0.05) is 17.5 Å². The van der Waals surface area contributed by atoms with Gasteiger partial charge in [-0.05, 0) is 36.8 Å². The molecule has 1 aromatic carbocycles. The molecule has 3 N–H and O–H groups in total. The normalized spacial score (nSPS) is 20.6. The number of hydrogen-bond acceptors (Lipinski definition) is 4. The third kappa shape index (κ3) is 2.94. The summed E-state index contributed by atoms with van der Waals surface area (Å²) in [5, 5.41) is 0. The van der Waals surface area contributed by atoms with Crippen LogP contribution in [0.3, 0.4) is 0 Å². The van der Waals surface area contributed by atoms with E-state index < -0.39 is 10.0 Å². The summed E-state index contributed by atoms with van der Waals surface area (Å²) in [4.78, 5) is 0.248. The highest BCUT2D eigenvalue weighted by Gasteiger charge is 2.23. The smallest absolute Gasteiger partial charge is 0.240 e. The maximum absolute atomic E-state index is 12.1. The Bertz CT molecular complexity index is 508. The molecule has 0 spiro atoms. The summed E-state index contributed by atoms with van der Waals surface area (Å²) in [5.41, 5.74) is 7.13. The van der Waals surface area contributed by atoms with Crippen LogP contribution in [0.15, 0.2) is 23.1 Å². The number of benzene rings is 1. The minimum absolute atomic E-state index is 0.0486. The SMILES string of the molecule is Cc1ccc(S(=O)(=O)NC2CCSC2)cc1N. The van der Waals surface area contributed by atoms with Gasteiger partial charge in [0.25, 0.3) is 0 Å². The second-order valence-electron chi connectivity index (χ2n) is 4.20. The molecule has 6 heteroatoms. The standard InChI is InChI=1S/C11H16N2O2S2/c1-8-2-3-10(6-11(8)12)17(14,15)13-9-4-5-16-7-9/h2-3,6,9,13H,4-5,7,12H2,1H3. The van der Waals surface area contributed by atoms with Crippen LogP contribution in [0, 0.1) is 6.92 Å². The van der Waals surface area contributed by atoms with Gasteiger partial charge in [-0.1, -0.05) is 6.07 Å². The van der Waals surface area contributed by atoms with Crippen molar-refractivity contribution < 1.29 is 8.42 Å². The molecule has 2 rings (SSSR count). The summed E-state index contributed by atoms with van der Waals surface area (Å²) in [6.45, 7) is 1.85. The van der Waals surface area contributed by atoms with E-state index in [0.717, 1.165) is 23.5 Å². The lowest BCUT2D eigenvalue weighted by atomic mass is 10.2. The minimum atomic E-state index is -3.43. The van der Waals surface area contributed by atoms with E-state index in [1.54, 1.807) is 23.9 Å². The molecule has 94 valence electrons. The molecule has 1 fully saturated rings. The highest BCUT2D eigenvalue weighted by Crippen LogP contribution is 2.21. The van der Waals surface area contributed by atoms with Gasteiger partial charge in [0.05, 0.1) is 4.90 Å². The van der Waals surface area contributed by atoms with E-state index in [-0.39, 0.29) is 10.9 Å². The molecule has 17 heavy (non-hydrogen) atoms. The van der Waals surface area contributed by atoms with Crippen LogP contribution in [0.5, 0.6) is 0 Å². The molecule has 1 aliphatic heterocycles. The third-order valence-electron chi connectivity index (χ3n) is 2.81. The molecule has 1 aromatic rings. The number of sulfonamides is 1. The Morgan fingerprint density at radius 3 is 2.82 bits per heavy atom. The van der Waals surface area contributed by atoms with Crippen molar-refractivity contribution in [1.82, 2.24) is 4.72 Å². The monoisotopic (exact) mass is 272 g/mol. The van der Waals surface area contributed by atoms with Crippen LogP contribution >= 0.6 is 11.8 Å². The Kier molecular flexibility index (Phi) is 3.65. The van der Waals surface area contributed by atoms with Crippen LogP contribution in [0.1, 0.15) is 12.0 Å². The van der Waals surface area contributed by atoms with Gasteiger partial charge < -0.3 is 5.73 Å². The van der Waals surface area contributed by atoms with Gasteiger partial charge in [-0.15, -0.1) is 0 Å². The van der Waals surface area contributed by atoms with Crippen molar-refractivity contribution in [3.63, 3.8) is 0 Å². The Morgan fingerprint density at radius 2 is 2.24 bits per heavy atom.